The number of rotatable bonds is 4. The van der Waals surface area contributed by atoms with Gasteiger partial charge >= 0.3 is 0 Å². The van der Waals surface area contributed by atoms with E-state index in [0.29, 0.717) is 0 Å². The van der Waals surface area contributed by atoms with Gasteiger partial charge in [0.25, 0.3) is 10.0 Å². The minimum Gasteiger partial charge on any atom is -0.442 e. The van der Waals surface area contributed by atoms with Gasteiger partial charge in [0, 0.05) is 0 Å². The molecule has 0 amide bonds. The summed E-state index contributed by atoms with van der Waals surface area (Å²) >= 11 is 0. The monoisotopic (exact) mass is 275 g/mol. The zero-order chi connectivity index (χ0) is 13.1. The first-order valence-corrected chi connectivity index (χ1v) is 7.61. The van der Waals surface area contributed by atoms with Gasteiger partial charge in [0.05, 0.1) is 4.90 Å². The number of nitrogens with zero attached hydrogens (tertiary/aromatic N) is 2. The largest absolute Gasteiger partial charge is 0.442 e. The summed E-state index contributed by atoms with van der Waals surface area (Å²) in [6.45, 7) is 1.86. The summed E-state index contributed by atoms with van der Waals surface area (Å²) in [4.78, 5) is 1.68. The molecule has 0 atom stereocenters. The molecule has 7 heteroatoms. The lowest BCUT2D eigenvalue weighted by Crippen LogP contribution is -2.14. The fourth-order valence-electron chi connectivity index (χ4n) is 1.11. The maximum Gasteiger partial charge on any atom is 0.260 e. The van der Waals surface area contributed by atoms with E-state index < -0.39 is 20.6 Å². The third-order valence-electron chi connectivity index (χ3n) is 1.87. The first-order chi connectivity index (χ1) is 7.81. The Hall–Kier alpha value is -0.920. The molecule has 0 heterocycles. The zero-order valence-corrected chi connectivity index (χ0v) is 11.6. The van der Waals surface area contributed by atoms with Gasteiger partial charge in [0.15, 0.2) is 0 Å². The summed E-state index contributed by atoms with van der Waals surface area (Å²) in [5, 5.41) is 0. The average molecular weight is 275 g/mol. The summed E-state index contributed by atoms with van der Waals surface area (Å²) in [6.07, 6.45) is 0. The predicted molar refractivity (Wildman–Crippen MR) is 67.4 cm³/mol. The second-order valence-corrected chi connectivity index (χ2v) is 6.81. The molecule has 0 aliphatic rings. The summed E-state index contributed by atoms with van der Waals surface area (Å²) in [5.41, 5.74) is 0.957. The van der Waals surface area contributed by atoms with Crippen LogP contribution in [0, 0.1) is 6.92 Å². The van der Waals surface area contributed by atoms with E-state index in [2.05, 4.69) is 3.77 Å². The van der Waals surface area contributed by atoms with E-state index in [0.717, 1.165) is 5.56 Å². The molecule has 0 spiro atoms. The van der Waals surface area contributed by atoms with Crippen molar-refractivity contribution in [3.05, 3.63) is 29.8 Å². The molecule has 0 unspecified atom stereocenters. The summed E-state index contributed by atoms with van der Waals surface area (Å²) in [5.74, 6) is 0.0884. The van der Waals surface area contributed by atoms with Crippen molar-refractivity contribution in [3.63, 3.8) is 0 Å². The number of sulfonamides is 1. The second kappa shape index (κ2) is 5.61. The molecule has 0 aliphatic carbocycles. The number of benzene rings is 1. The molecule has 96 valence electrons. The van der Waals surface area contributed by atoms with Gasteiger partial charge in [0.2, 0.25) is 0 Å². The van der Waals surface area contributed by atoms with Crippen LogP contribution in [-0.4, -0.2) is 33.3 Å². The molecule has 0 N–H and O–H groups in total. The first-order valence-electron chi connectivity index (χ1n) is 4.89. The lowest BCUT2D eigenvalue weighted by Gasteiger charge is -2.12. The smallest absolute Gasteiger partial charge is 0.260 e. The SMILES string of the molecule is Cc1ccc(S(=O)(=O)N=[S-](=O)CN(C)C)cc1. The molecular formula is C10H15N2O3S2-. The number of aryl methyl sites for hydroxylation is 1. The van der Waals surface area contributed by atoms with E-state index >= 15 is 0 Å². The van der Waals surface area contributed by atoms with Crippen LogP contribution in [-0.2, 0) is 24.8 Å². The van der Waals surface area contributed by atoms with Crippen LogP contribution in [0.4, 0.5) is 0 Å². The highest BCUT2D eigenvalue weighted by atomic mass is 32.3. The van der Waals surface area contributed by atoms with E-state index in [1.165, 1.54) is 12.1 Å². The molecule has 0 fully saturated rings. The molecule has 0 bridgehead atoms. The van der Waals surface area contributed by atoms with E-state index in [4.69, 9.17) is 0 Å². The van der Waals surface area contributed by atoms with Crippen molar-refractivity contribution in [2.45, 2.75) is 11.8 Å². The fourth-order valence-corrected chi connectivity index (χ4v) is 3.44. The van der Waals surface area contributed by atoms with Gasteiger partial charge in [-0.05, 0) is 39.0 Å². The summed E-state index contributed by atoms with van der Waals surface area (Å²) in [6, 6.07) is 6.27. The number of hydrogen-bond acceptors (Lipinski definition) is 5. The van der Waals surface area contributed by atoms with Crippen molar-refractivity contribution in [3.8, 4) is 0 Å². The standard InChI is InChI=1S/C10H15N2O3S2/c1-9-4-6-10(7-5-9)17(14,15)11-16(13)8-12(2)3/h4-7H,8H2,1-3H3/q-1. The third-order valence-corrected chi connectivity index (χ3v) is 4.92. The molecule has 1 aromatic carbocycles. The Bertz CT molecular complexity index is 556. The van der Waals surface area contributed by atoms with Gasteiger partial charge < -0.3 is 9.11 Å². The van der Waals surface area contributed by atoms with Crippen LogP contribution in [0.3, 0.4) is 0 Å². The molecule has 0 saturated carbocycles. The minimum atomic E-state index is -3.82. The van der Waals surface area contributed by atoms with E-state index in [1.54, 1.807) is 31.1 Å². The van der Waals surface area contributed by atoms with Crippen molar-refractivity contribution in [2.24, 2.45) is 3.77 Å². The van der Waals surface area contributed by atoms with E-state index in [1.807, 2.05) is 6.92 Å². The van der Waals surface area contributed by atoms with Crippen LogP contribution in [0.1, 0.15) is 5.56 Å². The maximum atomic E-state index is 11.8. The summed E-state index contributed by atoms with van der Waals surface area (Å²) in [7, 11) is -2.19. The molecule has 0 radical (unpaired) electrons. The Morgan fingerprint density at radius 3 is 2.24 bits per heavy atom. The van der Waals surface area contributed by atoms with Crippen LogP contribution in [0.15, 0.2) is 32.9 Å². The second-order valence-electron chi connectivity index (χ2n) is 3.89. The third kappa shape index (κ3) is 4.45. The van der Waals surface area contributed by atoms with Gasteiger partial charge in [-0.1, -0.05) is 17.7 Å². The van der Waals surface area contributed by atoms with E-state index in [-0.39, 0.29) is 10.8 Å². The van der Waals surface area contributed by atoms with Crippen LogP contribution in [0.25, 0.3) is 0 Å². The molecule has 0 saturated heterocycles. The quantitative estimate of drug-likeness (QED) is 0.778. The highest BCUT2D eigenvalue weighted by Gasteiger charge is 2.08. The van der Waals surface area contributed by atoms with Crippen molar-refractivity contribution >= 4 is 20.6 Å². The summed E-state index contributed by atoms with van der Waals surface area (Å²) < 4.78 is 38.3. The highest BCUT2D eigenvalue weighted by Crippen LogP contribution is 2.13. The first kappa shape index (κ1) is 14.1. The van der Waals surface area contributed by atoms with Gasteiger partial charge in [-0.3, -0.25) is 3.77 Å². The van der Waals surface area contributed by atoms with Crippen molar-refractivity contribution < 1.29 is 12.6 Å². The van der Waals surface area contributed by atoms with Crippen LogP contribution in [0.5, 0.6) is 0 Å². The molecule has 1 aromatic rings. The van der Waals surface area contributed by atoms with Crippen molar-refractivity contribution in [1.82, 2.24) is 4.90 Å². The Balaban J connectivity index is 3.04. The van der Waals surface area contributed by atoms with Crippen LogP contribution < -0.4 is 0 Å². The Morgan fingerprint density at radius 1 is 1.24 bits per heavy atom. The fraction of sp³-hybridized carbons (Fsp3) is 0.400. The van der Waals surface area contributed by atoms with Gasteiger partial charge in [-0.15, -0.1) is 0 Å². The Labute approximate surface area is 104 Å². The van der Waals surface area contributed by atoms with Gasteiger partial charge in [-0.25, -0.2) is 8.42 Å². The zero-order valence-electron chi connectivity index (χ0n) is 9.95. The molecule has 5 nitrogen and oxygen atoms in total. The van der Waals surface area contributed by atoms with E-state index in [9.17, 15) is 12.6 Å². The topological polar surface area (TPSA) is 66.8 Å². The molecule has 1 rings (SSSR count). The molecule has 0 aliphatic heterocycles. The number of hydrogen-bond donors (Lipinski definition) is 0. The van der Waals surface area contributed by atoms with Crippen LogP contribution >= 0.6 is 0 Å². The van der Waals surface area contributed by atoms with Crippen molar-refractivity contribution in [1.29, 1.82) is 0 Å². The van der Waals surface area contributed by atoms with Crippen molar-refractivity contribution in [2.75, 3.05) is 20.0 Å². The Morgan fingerprint density at radius 2 is 1.76 bits per heavy atom. The van der Waals surface area contributed by atoms with Crippen LogP contribution in [0.2, 0.25) is 0 Å². The Kier molecular flexibility index (Phi) is 4.67. The molecule has 17 heavy (non-hydrogen) atoms. The molecular weight excluding hydrogens is 260 g/mol. The minimum absolute atomic E-state index is 0.0650. The highest BCUT2D eigenvalue weighted by molar-refractivity contribution is 7.96. The average Bonchev–Trinajstić information content (AvgIpc) is 2.15. The lowest BCUT2D eigenvalue weighted by atomic mass is 10.2. The van der Waals surface area contributed by atoms with Gasteiger partial charge in [0.1, 0.15) is 0 Å². The normalized spacial score (nSPS) is 14.1. The van der Waals surface area contributed by atoms with Gasteiger partial charge in [-0.2, -0.15) is 10.6 Å². The predicted octanol–water partition coefficient (Wildman–Crippen LogP) is 1.35. The maximum absolute atomic E-state index is 11.8. The molecule has 0 aromatic heterocycles. The lowest BCUT2D eigenvalue weighted by molar-refractivity contribution is 0.474.